The van der Waals surface area contributed by atoms with Crippen molar-refractivity contribution >= 4 is 15.7 Å². The van der Waals surface area contributed by atoms with Crippen LogP contribution in [0.25, 0.3) is 0 Å². The van der Waals surface area contributed by atoms with Gasteiger partial charge in [-0.1, -0.05) is 19.3 Å². The van der Waals surface area contributed by atoms with Gasteiger partial charge in [0.15, 0.2) is 9.84 Å². The third-order valence-corrected chi connectivity index (χ3v) is 6.10. The molecule has 1 atom stereocenters. The van der Waals surface area contributed by atoms with E-state index in [-0.39, 0.29) is 17.2 Å². The second-order valence-corrected chi connectivity index (χ2v) is 8.51. The Hall–Kier alpha value is -1.93. The number of aliphatic hydroxyl groups is 1. The molecule has 8 heteroatoms. The summed E-state index contributed by atoms with van der Waals surface area (Å²) in [6, 6.07) is 2.64. The first kappa shape index (κ1) is 17.9. The third-order valence-electron chi connectivity index (χ3n) is 4.70. The van der Waals surface area contributed by atoms with E-state index >= 15 is 0 Å². The summed E-state index contributed by atoms with van der Waals surface area (Å²) < 4.78 is 28.1. The van der Waals surface area contributed by atoms with Crippen LogP contribution in [0.5, 0.6) is 5.88 Å². The van der Waals surface area contributed by atoms with Crippen molar-refractivity contribution in [3.63, 3.8) is 0 Å². The molecule has 0 aromatic carbocycles. The fraction of sp³-hybridized carbons (Fsp3) is 0.529. The summed E-state index contributed by atoms with van der Waals surface area (Å²) >= 11 is 0. The Kier molecular flexibility index (Phi) is 4.83. The van der Waals surface area contributed by atoms with E-state index in [2.05, 4.69) is 10.3 Å². The van der Waals surface area contributed by atoms with Gasteiger partial charge >= 0.3 is 0 Å². The summed E-state index contributed by atoms with van der Waals surface area (Å²) in [5, 5.41) is 14.5. The van der Waals surface area contributed by atoms with Gasteiger partial charge < -0.3 is 15.2 Å². The van der Waals surface area contributed by atoms with Gasteiger partial charge in [0.1, 0.15) is 11.2 Å². The highest BCUT2D eigenvalue weighted by Crippen LogP contribution is 2.37. The second kappa shape index (κ2) is 6.76. The number of carbonyl (C=O) groups excluding carboxylic acids is 1. The number of pyridine rings is 1. The van der Waals surface area contributed by atoms with Crippen LogP contribution in [0.4, 0.5) is 0 Å². The van der Waals surface area contributed by atoms with Gasteiger partial charge in [-0.05, 0) is 31.1 Å². The molecule has 1 aliphatic carbocycles. The number of hydrogen-bond acceptors (Lipinski definition) is 6. The zero-order valence-corrected chi connectivity index (χ0v) is 14.9. The number of ether oxygens (including phenoxy) is 1. The zero-order chi connectivity index (χ0) is 18.1. The number of hydrogen-bond donors (Lipinski definition) is 2. The maximum absolute atomic E-state index is 12.4. The van der Waals surface area contributed by atoms with Gasteiger partial charge in [-0.15, -0.1) is 0 Å². The van der Waals surface area contributed by atoms with Gasteiger partial charge in [0.25, 0.3) is 5.91 Å². The molecule has 7 nitrogen and oxygen atoms in total. The average Bonchev–Trinajstić information content (AvgIpc) is 2.93. The average molecular weight is 366 g/mol. The SMILES string of the molecule is COc1nc(C2(O)CCCCC2)ccc1C(=O)N[C@@H]1C=CS(=O)(=O)C1. The molecule has 0 bridgehead atoms. The van der Waals surface area contributed by atoms with Gasteiger partial charge in [0, 0.05) is 5.41 Å². The van der Waals surface area contributed by atoms with E-state index < -0.39 is 27.4 Å². The van der Waals surface area contributed by atoms with Crippen LogP contribution in [0, 0.1) is 0 Å². The molecule has 136 valence electrons. The highest BCUT2D eigenvalue weighted by atomic mass is 32.2. The van der Waals surface area contributed by atoms with Crippen LogP contribution < -0.4 is 10.1 Å². The standard InChI is InChI=1S/C17H22N2O5S/c1-24-16-13(15(20)18-12-7-10-25(22,23)11-12)5-6-14(19-16)17(21)8-3-2-4-9-17/h5-7,10,12,21H,2-4,8-9,11H2,1H3,(H,18,20)/t12-/m1/s1. The Labute approximate surface area is 147 Å². The monoisotopic (exact) mass is 366 g/mol. The minimum Gasteiger partial charge on any atom is -0.480 e. The van der Waals surface area contributed by atoms with E-state index in [1.807, 2.05) is 0 Å². The number of sulfone groups is 1. The largest absolute Gasteiger partial charge is 0.480 e. The van der Waals surface area contributed by atoms with E-state index in [9.17, 15) is 18.3 Å². The van der Waals surface area contributed by atoms with Crippen LogP contribution >= 0.6 is 0 Å². The number of aromatic nitrogens is 1. The lowest BCUT2D eigenvalue weighted by Crippen LogP contribution is -2.36. The van der Waals surface area contributed by atoms with E-state index in [0.29, 0.717) is 18.5 Å². The first-order chi connectivity index (χ1) is 11.8. The van der Waals surface area contributed by atoms with E-state index in [0.717, 1.165) is 24.7 Å². The molecule has 1 saturated carbocycles. The van der Waals surface area contributed by atoms with E-state index in [1.54, 1.807) is 12.1 Å². The van der Waals surface area contributed by atoms with Crippen molar-refractivity contribution in [3.05, 3.63) is 34.9 Å². The van der Waals surface area contributed by atoms with Crippen molar-refractivity contribution in [1.29, 1.82) is 0 Å². The molecule has 25 heavy (non-hydrogen) atoms. The number of carbonyl (C=O) groups is 1. The lowest BCUT2D eigenvalue weighted by Gasteiger charge is -2.31. The van der Waals surface area contributed by atoms with Crippen LogP contribution in [-0.4, -0.2) is 43.3 Å². The van der Waals surface area contributed by atoms with Crippen molar-refractivity contribution in [2.24, 2.45) is 0 Å². The molecule has 1 amide bonds. The van der Waals surface area contributed by atoms with Crippen LogP contribution in [0.1, 0.15) is 48.2 Å². The van der Waals surface area contributed by atoms with Crippen LogP contribution in [-0.2, 0) is 15.4 Å². The topological polar surface area (TPSA) is 106 Å². The lowest BCUT2D eigenvalue weighted by atomic mass is 9.82. The van der Waals surface area contributed by atoms with Crippen molar-refractivity contribution in [2.45, 2.75) is 43.7 Å². The highest BCUT2D eigenvalue weighted by molar-refractivity contribution is 7.94. The second-order valence-electron chi connectivity index (χ2n) is 6.58. The Morgan fingerprint density at radius 2 is 2.04 bits per heavy atom. The van der Waals surface area contributed by atoms with Gasteiger partial charge in [-0.3, -0.25) is 4.79 Å². The molecule has 0 unspecified atom stereocenters. The van der Waals surface area contributed by atoms with Crippen molar-refractivity contribution in [3.8, 4) is 5.88 Å². The molecular formula is C17H22N2O5S. The van der Waals surface area contributed by atoms with Crippen LogP contribution in [0.2, 0.25) is 0 Å². The van der Waals surface area contributed by atoms with Crippen LogP contribution in [0.15, 0.2) is 23.6 Å². The summed E-state index contributed by atoms with van der Waals surface area (Å²) in [5.74, 6) is -0.483. The number of nitrogens with zero attached hydrogens (tertiary/aromatic N) is 1. The van der Waals surface area contributed by atoms with Crippen molar-refractivity contribution in [2.75, 3.05) is 12.9 Å². The first-order valence-corrected chi connectivity index (χ1v) is 10.0. The molecule has 2 heterocycles. The maximum atomic E-state index is 12.4. The smallest absolute Gasteiger partial charge is 0.257 e. The Balaban J connectivity index is 1.80. The zero-order valence-electron chi connectivity index (χ0n) is 14.1. The number of methoxy groups -OCH3 is 1. The fourth-order valence-electron chi connectivity index (χ4n) is 3.33. The molecule has 1 aromatic heterocycles. The van der Waals surface area contributed by atoms with Crippen LogP contribution in [0.3, 0.4) is 0 Å². The molecule has 1 aliphatic heterocycles. The predicted molar refractivity (Wildman–Crippen MR) is 92.0 cm³/mol. The molecule has 0 saturated heterocycles. The summed E-state index contributed by atoms with van der Waals surface area (Å²) in [6.07, 6.45) is 5.69. The number of rotatable bonds is 4. The van der Waals surface area contributed by atoms with Gasteiger partial charge in [-0.2, -0.15) is 0 Å². The van der Waals surface area contributed by atoms with Crippen molar-refractivity contribution < 1.29 is 23.1 Å². The maximum Gasteiger partial charge on any atom is 0.257 e. The summed E-state index contributed by atoms with van der Waals surface area (Å²) in [7, 11) is -1.83. The molecular weight excluding hydrogens is 344 g/mol. The molecule has 0 radical (unpaired) electrons. The molecule has 2 aliphatic rings. The molecule has 0 spiro atoms. The predicted octanol–water partition coefficient (Wildman–Crippen LogP) is 1.28. The lowest BCUT2D eigenvalue weighted by molar-refractivity contribution is -0.00508. The van der Waals surface area contributed by atoms with Gasteiger partial charge in [-0.25, -0.2) is 13.4 Å². The molecule has 1 aromatic rings. The quantitative estimate of drug-likeness (QED) is 0.832. The summed E-state index contributed by atoms with van der Waals surface area (Å²) in [6.45, 7) is 0. The fourth-order valence-corrected chi connectivity index (χ4v) is 4.57. The molecule has 1 fully saturated rings. The summed E-state index contributed by atoms with van der Waals surface area (Å²) in [5.41, 5.74) is -0.268. The van der Waals surface area contributed by atoms with Gasteiger partial charge in [0.05, 0.1) is 24.6 Å². The van der Waals surface area contributed by atoms with Crippen molar-refractivity contribution in [1.82, 2.24) is 10.3 Å². The normalized spacial score (nSPS) is 24.0. The Morgan fingerprint density at radius 1 is 1.32 bits per heavy atom. The van der Waals surface area contributed by atoms with Gasteiger partial charge in [0.2, 0.25) is 5.88 Å². The third kappa shape index (κ3) is 3.85. The van der Waals surface area contributed by atoms with E-state index in [4.69, 9.17) is 4.74 Å². The first-order valence-electron chi connectivity index (χ1n) is 8.33. The summed E-state index contributed by atoms with van der Waals surface area (Å²) in [4.78, 5) is 16.8. The number of nitrogens with one attached hydrogen (secondary N) is 1. The minimum absolute atomic E-state index is 0.124. The molecule has 2 N–H and O–H groups in total. The number of amides is 1. The minimum atomic E-state index is -3.24. The Morgan fingerprint density at radius 3 is 2.64 bits per heavy atom. The highest BCUT2D eigenvalue weighted by Gasteiger charge is 2.34. The Bertz CT molecular complexity index is 797. The molecule has 3 rings (SSSR count). The van der Waals surface area contributed by atoms with E-state index in [1.165, 1.54) is 13.2 Å².